The largest absolute Gasteiger partial charge is 0.464 e. The molecule has 0 saturated carbocycles. The molecule has 1 unspecified atom stereocenters. The van der Waals surface area contributed by atoms with E-state index in [0.29, 0.717) is 6.54 Å². The molecule has 1 fully saturated rings. The van der Waals surface area contributed by atoms with Crippen molar-refractivity contribution in [3.63, 3.8) is 0 Å². The second kappa shape index (κ2) is 6.81. The molecule has 1 N–H and O–H groups in total. The molecule has 1 amide bonds. The summed E-state index contributed by atoms with van der Waals surface area (Å²) < 4.78 is 5.67. The van der Waals surface area contributed by atoms with Crippen LogP contribution in [0.15, 0.2) is 16.5 Å². The third kappa shape index (κ3) is 3.27. The zero-order chi connectivity index (χ0) is 12.3. The molecule has 2 rings (SSSR count). The van der Waals surface area contributed by atoms with Crippen molar-refractivity contribution in [2.75, 3.05) is 20.1 Å². The van der Waals surface area contributed by atoms with E-state index >= 15 is 0 Å². The molecular weight excluding hydrogens is 252 g/mol. The molecule has 0 radical (unpaired) electrons. The summed E-state index contributed by atoms with van der Waals surface area (Å²) in [5, 5.41) is 2.92. The zero-order valence-electron chi connectivity index (χ0n) is 10.9. The lowest BCUT2D eigenvalue weighted by atomic mass is 10.00. The minimum Gasteiger partial charge on any atom is -0.464 e. The number of carbonyl (C=O) groups excluding carboxylic acids is 1. The minimum atomic E-state index is 0. The van der Waals surface area contributed by atoms with Gasteiger partial charge in [0.25, 0.3) is 0 Å². The van der Waals surface area contributed by atoms with E-state index in [9.17, 15) is 4.79 Å². The molecule has 4 nitrogen and oxygen atoms in total. The van der Waals surface area contributed by atoms with E-state index in [1.54, 1.807) is 7.05 Å². The smallest absolute Gasteiger partial charge is 0.237 e. The molecule has 1 aliphatic rings. The highest BCUT2D eigenvalue weighted by atomic mass is 35.5. The van der Waals surface area contributed by atoms with Crippen LogP contribution >= 0.6 is 12.4 Å². The van der Waals surface area contributed by atoms with Crippen LogP contribution in [-0.2, 0) is 4.79 Å². The lowest BCUT2D eigenvalue weighted by Gasteiger charge is -2.34. The first kappa shape index (κ1) is 15.1. The topological polar surface area (TPSA) is 45.5 Å². The highest BCUT2D eigenvalue weighted by Crippen LogP contribution is 2.31. The number of halogens is 1. The molecule has 5 heteroatoms. The Hall–Kier alpha value is -1.00. The number of nitrogens with zero attached hydrogens (tertiary/aromatic N) is 1. The van der Waals surface area contributed by atoms with E-state index in [4.69, 9.17) is 4.42 Å². The Morgan fingerprint density at radius 3 is 2.89 bits per heavy atom. The maximum atomic E-state index is 12.0. The second-order valence-electron chi connectivity index (χ2n) is 4.58. The van der Waals surface area contributed by atoms with Gasteiger partial charge in [0.15, 0.2) is 0 Å². The molecule has 1 atom stereocenters. The Morgan fingerprint density at radius 1 is 1.50 bits per heavy atom. The summed E-state index contributed by atoms with van der Waals surface area (Å²) in [6, 6.07) is 4.08. The van der Waals surface area contributed by atoms with Gasteiger partial charge in [0.2, 0.25) is 5.91 Å². The molecule has 0 bridgehead atoms. The summed E-state index contributed by atoms with van der Waals surface area (Å²) >= 11 is 0. The van der Waals surface area contributed by atoms with Crippen LogP contribution in [-0.4, -0.2) is 30.9 Å². The van der Waals surface area contributed by atoms with Gasteiger partial charge in [-0.15, -0.1) is 12.4 Å². The van der Waals surface area contributed by atoms with E-state index in [-0.39, 0.29) is 24.4 Å². The first-order valence-electron chi connectivity index (χ1n) is 6.23. The third-order valence-corrected chi connectivity index (χ3v) is 3.24. The number of furan rings is 1. The van der Waals surface area contributed by atoms with Crippen molar-refractivity contribution in [1.29, 1.82) is 0 Å². The number of piperidine rings is 1. The van der Waals surface area contributed by atoms with Crippen molar-refractivity contribution >= 4 is 18.3 Å². The summed E-state index contributed by atoms with van der Waals surface area (Å²) in [4.78, 5) is 14.0. The van der Waals surface area contributed by atoms with Crippen LogP contribution in [0.25, 0.3) is 0 Å². The number of carbonyl (C=O) groups is 1. The average molecular weight is 273 g/mol. The van der Waals surface area contributed by atoms with Gasteiger partial charge >= 0.3 is 0 Å². The lowest BCUT2D eigenvalue weighted by molar-refractivity contribution is -0.134. The second-order valence-corrected chi connectivity index (χ2v) is 4.58. The maximum Gasteiger partial charge on any atom is 0.237 e. The van der Waals surface area contributed by atoms with Crippen LogP contribution in [0.5, 0.6) is 0 Å². The minimum absolute atomic E-state index is 0. The highest BCUT2D eigenvalue weighted by Gasteiger charge is 2.29. The van der Waals surface area contributed by atoms with Gasteiger partial charge in [0, 0.05) is 6.54 Å². The fourth-order valence-corrected chi connectivity index (χ4v) is 2.41. The predicted molar refractivity (Wildman–Crippen MR) is 72.9 cm³/mol. The van der Waals surface area contributed by atoms with Gasteiger partial charge in [-0.25, -0.2) is 0 Å². The van der Waals surface area contributed by atoms with E-state index in [1.165, 1.54) is 0 Å². The number of rotatable bonds is 3. The fourth-order valence-electron chi connectivity index (χ4n) is 2.41. The van der Waals surface area contributed by atoms with Crippen LogP contribution in [0.2, 0.25) is 0 Å². The van der Waals surface area contributed by atoms with E-state index in [2.05, 4.69) is 5.32 Å². The Morgan fingerprint density at radius 2 is 2.28 bits per heavy atom. The number of likely N-dealkylation sites (tertiary alicyclic amines) is 1. The zero-order valence-corrected chi connectivity index (χ0v) is 11.8. The van der Waals surface area contributed by atoms with Gasteiger partial charge in [-0.2, -0.15) is 0 Å². The third-order valence-electron chi connectivity index (χ3n) is 3.24. The fraction of sp³-hybridized carbons (Fsp3) is 0.615. The van der Waals surface area contributed by atoms with Gasteiger partial charge in [-0.05, 0) is 45.4 Å². The Kier molecular flexibility index (Phi) is 5.69. The molecule has 1 saturated heterocycles. The number of nitrogens with one attached hydrogen (secondary N) is 1. The van der Waals surface area contributed by atoms with Crippen molar-refractivity contribution in [3.8, 4) is 0 Å². The summed E-state index contributed by atoms with van der Waals surface area (Å²) in [5.41, 5.74) is 0. The molecule has 1 aromatic rings. The Labute approximate surface area is 114 Å². The van der Waals surface area contributed by atoms with Gasteiger partial charge in [-0.1, -0.05) is 0 Å². The molecule has 1 aromatic heterocycles. The van der Waals surface area contributed by atoms with Crippen LogP contribution in [0, 0.1) is 6.92 Å². The molecule has 2 heterocycles. The molecule has 18 heavy (non-hydrogen) atoms. The molecular formula is C13H21ClN2O2. The van der Waals surface area contributed by atoms with E-state index in [1.807, 2.05) is 24.0 Å². The SMILES string of the molecule is CNCC(=O)N1CCCCC1c1ccc(C)o1.Cl. The molecule has 0 aromatic carbocycles. The standard InChI is InChI=1S/C13H20N2O2.ClH/c1-10-6-7-12(17-10)11-5-3-4-8-15(11)13(16)9-14-2;/h6-7,11,14H,3-5,8-9H2,1-2H3;1H. The van der Waals surface area contributed by atoms with E-state index < -0.39 is 0 Å². The quantitative estimate of drug-likeness (QED) is 0.918. The first-order valence-corrected chi connectivity index (χ1v) is 6.23. The van der Waals surface area contributed by atoms with Gasteiger partial charge in [-0.3, -0.25) is 4.79 Å². The molecule has 1 aliphatic heterocycles. The lowest BCUT2D eigenvalue weighted by Crippen LogP contribution is -2.42. The Bertz CT molecular complexity index is 392. The average Bonchev–Trinajstić information content (AvgIpc) is 2.76. The summed E-state index contributed by atoms with van der Waals surface area (Å²) in [5.74, 6) is 1.99. The number of hydrogen-bond acceptors (Lipinski definition) is 3. The van der Waals surface area contributed by atoms with Crippen LogP contribution in [0.4, 0.5) is 0 Å². The highest BCUT2D eigenvalue weighted by molar-refractivity contribution is 5.85. The van der Waals surface area contributed by atoms with Crippen molar-refractivity contribution in [1.82, 2.24) is 10.2 Å². The number of hydrogen-bond donors (Lipinski definition) is 1. The molecule has 102 valence electrons. The van der Waals surface area contributed by atoms with Crippen molar-refractivity contribution in [3.05, 3.63) is 23.7 Å². The monoisotopic (exact) mass is 272 g/mol. The number of likely N-dealkylation sites (N-methyl/N-ethyl adjacent to an activating group) is 1. The summed E-state index contributed by atoms with van der Waals surface area (Å²) in [6.45, 7) is 3.17. The normalized spacial score (nSPS) is 19.4. The summed E-state index contributed by atoms with van der Waals surface area (Å²) in [7, 11) is 1.80. The van der Waals surface area contributed by atoms with Crippen LogP contribution < -0.4 is 5.32 Å². The van der Waals surface area contributed by atoms with E-state index in [0.717, 1.165) is 37.3 Å². The first-order chi connectivity index (χ1) is 8.22. The summed E-state index contributed by atoms with van der Waals surface area (Å²) in [6.07, 6.45) is 3.25. The van der Waals surface area contributed by atoms with Crippen molar-refractivity contribution in [2.24, 2.45) is 0 Å². The Balaban J connectivity index is 0.00000162. The number of aryl methyl sites for hydroxylation is 1. The van der Waals surface area contributed by atoms with Gasteiger partial charge in [0.1, 0.15) is 11.5 Å². The van der Waals surface area contributed by atoms with Gasteiger partial charge in [0.05, 0.1) is 12.6 Å². The maximum absolute atomic E-state index is 12.0. The number of amides is 1. The molecule has 0 spiro atoms. The van der Waals surface area contributed by atoms with Crippen molar-refractivity contribution in [2.45, 2.75) is 32.2 Å². The van der Waals surface area contributed by atoms with Gasteiger partial charge < -0.3 is 14.6 Å². The van der Waals surface area contributed by atoms with Crippen LogP contribution in [0.3, 0.4) is 0 Å². The predicted octanol–water partition coefficient (Wildman–Crippen LogP) is 2.28. The molecule has 0 aliphatic carbocycles. The van der Waals surface area contributed by atoms with Crippen molar-refractivity contribution < 1.29 is 9.21 Å². The van der Waals surface area contributed by atoms with Crippen LogP contribution in [0.1, 0.15) is 36.8 Å².